The van der Waals surface area contributed by atoms with Gasteiger partial charge in [-0.15, -0.1) is 10.2 Å². The van der Waals surface area contributed by atoms with Crippen LogP contribution >= 0.6 is 27.7 Å². The third-order valence-electron chi connectivity index (χ3n) is 5.92. The van der Waals surface area contributed by atoms with Crippen molar-refractivity contribution in [2.75, 3.05) is 17.9 Å². The molecule has 0 fully saturated rings. The summed E-state index contributed by atoms with van der Waals surface area (Å²) in [5.74, 6) is 1.60. The summed E-state index contributed by atoms with van der Waals surface area (Å²) >= 11 is 4.79. The molecule has 1 aliphatic heterocycles. The zero-order chi connectivity index (χ0) is 26.0. The summed E-state index contributed by atoms with van der Waals surface area (Å²) in [5.41, 5.74) is 3.44. The van der Waals surface area contributed by atoms with Gasteiger partial charge in [-0.2, -0.15) is 0 Å². The normalized spacial score (nSPS) is 13.1. The molecule has 0 spiro atoms. The quantitative estimate of drug-likeness (QED) is 0.373. The molecule has 9 nitrogen and oxygen atoms in total. The van der Waals surface area contributed by atoms with E-state index in [1.807, 2.05) is 51.4 Å². The number of hydrogen-bond acceptors (Lipinski definition) is 7. The molecule has 1 aliphatic rings. The molecule has 0 saturated heterocycles. The molecule has 1 unspecified atom stereocenters. The molecular weight excluding hydrogens is 546 g/mol. The second-order valence-corrected chi connectivity index (χ2v) is 10.7. The van der Waals surface area contributed by atoms with Crippen molar-refractivity contribution in [3.8, 4) is 11.5 Å². The van der Waals surface area contributed by atoms with Gasteiger partial charge in [0.2, 0.25) is 12.7 Å². The van der Waals surface area contributed by atoms with E-state index in [2.05, 4.69) is 36.8 Å². The molecule has 190 valence electrons. The SMILES string of the molecule is Cc1cc(Br)c(NC(=O)CSc2nnc(C(NC(=O)c3ccc4c(c3)OCO4)C(C)C)n2C)cc1C. The van der Waals surface area contributed by atoms with E-state index in [-0.39, 0.29) is 36.3 Å². The lowest BCUT2D eigenvalue weighted by molar-refractivity contribution is -0.113. The fourth-order valence-corrected chi connectivity index (χ4v) is 4.98. The molecule has 0 saturated carbocycles. The Balaban J connectivity index is 1.42. The molecule has 4 rings (SSSR count). The van der Waals surface area contributed by atoms with E-state index in [4.69, 9.17) is 9.47 Å². The van der Waals surface area contributed by atoms with Gasteiger partial charge in [-0.25, -0.2) is 0 Å². The lowest BCUT2D eigenvalue weighted by Crippen LogP contribution is -2.33. The highest BCUT2D eigenvalue weighted by Gasteiger charge is 2.26. The second-order valence-electron chi connectivity index (χ2n) is 8.92. The molecule has 1 aromatic heterocycles. The molecular formula is C25H28BrN5O4S. The van der Waals surface area contributed by atoms with Crippen molar-refractivity contribution in [3.63, 3.8) is 0 Å². The maximum Gasteiger partial charge on any atom is 0.252 e. The maximum atomic E-state index is 13.0. The first-order valence-corrected chi connectivity index (χ1v) is 13.2. The highest BCUT2D eigenvalue weighted by molar-refractivity contribution is 9.10. The van der Waals surface area contributed by atoms with Gasteiger partial charge < -0.3 is 24.7 Å². The van der Waals surface area contributed by atoms with Crippen LogP contribution in [-0.2, 0) is 11.8 Å². The number of aromatic nitrogens is 3. The first kappa shape index (κ1) is 26.0. The van der Waals surface area contributed by atoms with Gasteiger partial charge in [-0.05, 0) is 77.2 Å². The lowest BCUT2D eigenvalue weighted by atomic mass is 10.0. The van der Waals surface area contributed by atoms with E-state index < -0.39 is 0 Å². The number of hydrogen-bond donors (Lipinski definition) is 2. The predicted molar refractivity (Wildman–Crippen MR) is 142 cm³/mol. The Bertz CT molecular complexity index is 1310. The smallest absolute Gasteiger partial charge is 0.252 e. The number of halogens is 1. The summed E-state index contributed by atoms with van der Waals surface area (Å²) < 4.78 is 13.4. The van der Waals surface area contributed by atoms with Crippen LogP contribution in [0.25, 0.3) is 0 Å². The largest absolute Gasteiger partial charge is 0.454 e. The number of benzene rings is 2. The number of carbonyl (C=O) groups excluding carboxylic acids is 2. The Morgan fingerprint density at radius 2 is 1.83 bits per heavy atom. The zero-order valence-electron chi connectivity index (χ0n) is 20.7. The van der Waals surface area contributed by atoms with E-state index in [1.165, 1.54) is 11.8 Å². The summed E-state index contributed by atoms with van der Waals surface area (Å²) in [4.78, 5) is 25.6. The van der Waals surface area contributed by atoms with Crippen molar-refractivity contribution in [1.29, 1.82) is 0 Å². The highest BCUT2D eigenvalue weighted by Crippen LogP contribution is 2.33. The number of nitrogens with one attached hydrogen (secondary N) is 2. The van der Waals surface area contributed by atoms with E-state index in [0.29, 0.717) is 28.0 Å². The zero-order valence-corrected chi connectivity index (χ0v) is 23.1. The Labute approximate surface area is 222 Å². The van der Waals surface area contributed by atoms with E-state index in [0.717, 1.165) is 21.3 Å². The van der Waals surface area contributed by atoms with Gasteiger partial charge in [0.05, 0.1) is 17.5 Å². The third-order valence-corrected chi connectivity index (χ3v) is 7.60. The molecule has 0 bridgehead atoms. The molecule has 0 radical (unpaired) electrons. The van der Waals surface area contributed by atoms with Crippen molar-refractivity contribution < 1.29 is 19.1 Å². The Kier molecular flexibility index (Phi) is 7.89. The number of carbonyl (C=O) groups is 2. The fraction of sp³-hybridized carbons (Fsp3) is 0.360. The van der Waals surface area contributed by atoms with Crippen molar-refractivity contribution in [2.45, 2.75) is 38.9 Å². The monoisotopic (exact) mass is 573 g/mol. The minimum atomic E-state index is -0.380. The summed E-state index contributed by atoms with van der Waals surface area (Å²) in [5, 5.41) is 15.2. The molecule has 36 heavy (non-hydrogen) atoms. The van der Waals surface area contributed by atoms with Gasteiger partial charge in [-0.1, -0.05) is 25.6 Å². The maximum absolute atomic E-state index is 13.0. The van der Waals surface area contributed by atoms with Crippen LogP contribution in [0.5, 0.6) is 11.5 Å². The van der Waals surface area contributed by atoms with Crippen LogP contribution in [-0.4, -0.2) is 39.1 Å². The Morgan fingerprint density at radius 3 is 2.58 bits per heavy atom. The van der Waals surface area contributed by atoms with Gasteiger partial charge in [-0.3, -0.25) is 9.59 Å². The van der Waals surface area contributed by atoms with Crippen LogP contribution < -0.4 is 20.1 Å². The standard InChI is InChI=1S/C25H28BrN5O4S/c1-13(2)22(28-24(33)16-6-7-19-20(10-16)35-12-34-19)23-29-30-25(31(23)5)36-11-21(32)27-18-9-15(4)14(3)8-17(18)26/h6-10,13,22H,11-12H2,1-5H3,(H,27,32)(H,28,33). The minimum absolute atomic E-state index is 0.0501. The summed E-state index contributed by atoms with van der Waals surface area (Å²) in [6.45, 7) is 8.18. The van der Waals surface area contributed by atoms with Gasteiger partial charge in [0.1, 0.15) is 0 Å². The van der Waals surface area contributed by atoms with Crippen LogP contribution in [0.4, 0.5) is 5.69 Å². The first-order valence-electron chi connectivity index (χ1n) is 11.4. The van der Waals surface area contributed by atoms with Crippen molar-refractivity contribution in [2.24, 2.45) is 13.0 Å². The number of anilines is 1. The molecule has 2 amide bonds. The van der Waals surface area contributed by atoms with Gasteiger partial charge in [0, 0.05) is 17.1 Å². The summed E-state index contributed by atoms with van der Waals surface area (Å²) in [7, 11) is 1.83. The topological polar surface area (TPSA) is 107 Å². The van der Waals surface area contributed by atoms with Crippen LogP contribution in [0, 0.1) is 19.8 Å². The van der Waals surface area contributed by atoms with Crippen molar-refractivity contribution in [3.05, 3.63) is 57.3 Å². The van der Waals surface area contributed by atoms with E-state index >= 15 is 0 Å². The third kappa shape index (κ3) is 5.67. The molecule has 0 aliphatic carbocycles. The van der Waals surface area contributed by atoms with E-state index in [9.17, 15) is 9.59 Å². The lowest BCUT2D eigenvalue weighted by Gasteiger charge is -2.21. The first-order chi connectivity index (χ1) is 17.1. The number of ether oxygens (including phenoxy) is 2. The number of thioether (sulfide) groups is 1. The van der Waals surface area contributed by atoms with Crippen molar-refractivity contribution in [1.82, 2.24) is 20.1 Å². The average Bonchev–Trinajstić information content (AvgIpc) is 3.45. The molecule has 11 heteroatoms. The second kappa shape index (κ2) is 10.9. The van der Waals surface area contributed by atoms with Crippen LogP contribution in [0.3, 0.4) is 0 Å². The summed E-state index contributed by atoms with van der Waals surface area (Å²) in [6, 6.07) is 8.63. The minimum Gasteiger partial charge on any atom is -0.454 e. The van der Waals surface area contributed by atoms with Gasteiger partial charge in [0.15, 0.2) is 22.5 Å². The highest BCUT2D eigenvalue weighted by atomic mass is 79.9. The van der Waals surface area contributed by atoms with Crippen LogP contribution in [0.15, 0.2) is 40.0 Å². The predicted octanol–water partition coefficient (Wildman–Crippen LogP) is 4.78. The number of nitrogens with zero attached hydrogens (tertiary/aromatic N) is 3. The molecule has 3 aromatic rings. The van der Waals surface area contributed by atoms with Crippen molar-refractivity contribution >= 4 is 45.2 Å². The van der Waals surface area contributed by atoms with Crippen LogP contribution in [0.1, 0.15) is 47.2 Å². The molecule has 1 atom stereocenters. The number of aryl methyl sites for hydroxylation is 2. The molecule has 2 N–H and O–H groups in total. The fourth-order valence-electron chi connectivity index (χ4n) is 3.71. The van der Waals surface area contributed by atoms with Gasteiger partial charge in [0.25, 0.3) is 5.91 Å². The Hall–Kier alpha value is -3.05. The van der Waals surface area contributed by atoms with Crippen LogP contribution in [0.2, 0.25) is 0 Å². The van der Waals surface area contributed by atoms with Gasteiger partial charge >= 0.3 is 0 Å². The molecule has 2 heterocycles. The summed E-state index contributed by atoms with van der Waals surface area (Å²) in [6.07, 6.45) is 0. The number of rotatable bonds is 8. The molecule has 2 aromatic carbocycles. The average molecular weight is 575 g/mol. The van der Waals surface area contributed by atoms with E-state index in [1.54, 1.807) is 18.2 Å². The number of amides is 2. The Morgan fingerprint density at radius 1 is 1.11 bits per heavy atom. The number of fused-ring (bicyclic) bond motifs is 1.